The predicted octanol–water partition coefficient (Wildman–Crippen LogP) is 4.57. The van der Waals surface area contributed by atoms with E-state index in [2.05, 4.69) is 18.8 Å². The van der Waals surface area contributed by atoms with Gasteiger partial charge >= 0.3 is 0 Å². The minimum absolute atomic E-state index is 0.222. The van der Waals surface area contributed by atoms with Crippen LogP contribution in [-0.2, 0) is 4.79 Å². The molecule has 1 radical (unpaired) electrons. The third kappa shape index (κ3) is 13.1. The molecular weight excluding hydrogens is 266 g/mol. The van der Waals surface area contributed by atoms with Crippen LogP contribution in [0.3, 0.4) is 0 Å². The van der Waals surface area contributed by atoms with E-state index in [-0.39, 0.29) is 10.6 Å². The summed E-state index contributed by atoms with van der Waals surface area (Å²) in [4.78, 5) is 20.5. The molecule has 0 aromatic heterocycles. The molecule has 0 saturated heterocycles. The van der Waals surface area contributed by atoms with Crippen LogP contribution < -0.4 is 0 Å². The number of hydrogen-bond acceptors (Lipinski definition) is 3. The maximum atomic E-state index is 10.9. The van der Waals surface area contributed by atoms with Crippen molar-refractivity contribution in [2.24, 2.45) is 0 Å². The Morgan fingerprint density at radius 2 is 1.71 bits per heavy atom. The zero-order valence-corrected chi connectivity index (χ0v) is 13.0. The van der Waals surface area contributed by atoms with Gasteiger partial charge < -0.3 is 0 Å². The van der Waals surface area contributed by atoms with Crippen LogP contribution in [0, 0.1) is 22.0 Å². The van der Waals surface area contributed by atoms with Crippen molar-refractivity contribution in [2.75, 3.05) is 0 Å². The van der Waals surface area contributed by atoms with Gasteiger partial charge in [-0.05, 0) is 19.3 Å². The summed E-state index contributed by atoms with van der Waals surface area (Å²) in [5, 5.41) is 10.9. The molecule has 0 amide bonds. The molecule has 0 atom stereocenters. The second-order valence-corrected chi connectivity index (χ2v) is 5.08. The number of carbonyl (C=O) groups excluding carboxylic acids is 1. The van der Waals surface area contributed by atoms with Gasteiger partial charge in [0.1, 0.15) is 0 Å². The van der Waals surface area contributed by atoms with E-state index in [1.165, 1.54) is 6.08 Å². The standard InChI is InChI=1S/C17H26NO3/c1-2-3-4-11-14-17(18(20)21)15-12-9-7-5-6-8-10-13-16-19/h15H,2-8,10-11,13-14H2,1H3. The van der Waals surface area contributed by atoms with Crippen molar-refractivity contribution in [1.82, 2.24) is 0 Å². The molecule has 0 heterocycles. The first-order valence-electron chi connectivity index (χ1n) is 7.89. The zero-order valence-electron chi connectivity index (χ0n) is 13.0. The van der Waals surface area contributed by atoms with Crippen molar-refractivity contribution in [3.05, 3.63) is 21.9 Å². The third-order valence-electron chi connectivity index (χ3n) is 3.19. The van der Waals surface area contributed by atoms with E-state index in [1.54, 1.807) is 0 Å². The van der Waals surface area contributed by atoms with Crippen LogP contribution in [0.25, 0.3) is 0 Å². The van der Waals surface area contributed by atoms with Crippen LogP contribution >= 0.6 is 0 Å². The van der Waals surface area contributed by atoms with Gasteiger partial charge in [0.05, 0.1) is 11.0 Å². The minimum atomic E-state index is -0.323. The Balaban J connectivity index is 3.89. The number of nitrogens with zero attached hydrogens (tertiary/aromatic N) is 1. The van der Waals surface area contributed by atoms with Crippen LogP contribution in [0.5, 0.6) is 0 Å². The van der Waals surface area contributed by atoms with Crippen LogP contribution in [0.4, 0.5) is 0 Å². The Morgan fingerprint density at radius 1 is 1.05 bits per heavy atom. The fourth-order valence-electron chi connectivity index (χ4n) is 1.92. The largest absolute Gasteiger partial charge is 0.291 e. The second kappa shape index (κ2) is 14.8. The van der Waals surface area contributed by atoms with E-state index in [9.17, 15) is 14.9 Å². The van der Waals surface area contributed by atoms with Gasteiger partial charge in [-0.15, -0.1) is 0 Å². The molecule has 0 spiro atoms. The predicted molar refractivity (Wildman–Crippen MR) is 85.0 cm³/mol. The Morgan fingerprint density at radius 3 is 2.33 bits per heavy atom. The van der Waals surface area contributed by atoms with Crippen molar-refractivity contribution < 1.29 is 9.72 Å². The molecule has 0 N–H and O–H groups in total. The number of unbranched alkanes of at least 4 members (excludes halogenated alkanes) is 8. The van der Waals surface area contributed by atoms with Crippen molar-refractivity contribution in [3.8, 4) is 11.8 Å². The molecule has 0 bridgehead atoms. The van der Waals surface area contributed by atoms with Crippen LogP contribution in [0.15, 0.2) is 11.8 Å². The summed E-state index contributed by atoms with van der Waals surface area (Å²) in [7, 11) is 0. The minimum Gasteiger partial charge on any atom is -0.291 e. The summed E-state index contributed by atoms with van der Waals surface area (Å²) >= 11 is 0. The lowest BCUT2D eigenvalue weighted by Crippen LogP contribution is -1.98. The van der Waals surface area contributed by atoms with Crippen LogP contribution in [0.1, 0.15) is 77.6 Å². The molecule has 0 aliphatic rings. The molecule has 0 saturated carbocycles. The highest BCUT2D eigenvalue weighted by Crippen LogP contribution is 2.10. The van der Waals surface area contributed by atoms with Gasteiger partial charge in [-0.25, -0.2) is 0 Å². The maximum Gasteiger partial charge on any atom is 0.254 e. The van der Waals surface area contributed by atoms with Gasteiger partial charge in [-0.3, -0.25) is 14.9 Å². The molecule has 117 valence electrons. The molecule has 0 aromatic carbocycles. The topological polar surface area (TPSA) is 60.2 Å². The van der Waals surface area contributed by atoms with E-state index in [0.29, 0.717) is 12.8 Å². The highest BCUT2D eigenvalue weighted by atomic mass is 16.6. The van der Waals surface area contributed by atoms with E-state index >= 15 is 0 Å². The van der Waals surface area contributed by atoms with E-state index in [1.807, 2.05) is 6.29 Å². The molecule has 4 heteroatoms. The summed E-state index contributed by atoms with van der Waals surface area (Å²) in [6.07, 6.45) is 13.2. The summed E-state index contributed by atoms with van der Waals surface area (Å²) < 4.78 is 0. The molecule has 4 nitrogen and oxygen atoms in total. The average molecular weight is 292 g/mol. The fraction of sp³-hybridized carbons (Fsp3) is 0.706. The Kier molecular flexibility index (Phi) is 13.6. The zero-order chi connectivity index (χ0) is 15.8. The summed E-state index contributed by atoms with van der Waals surface area (Å²) in [6.45, 7) is 2.12. The van der Waals surface area contributed by atoms with Gasteiger partial charge in [0.15, 0.2) is 6.29 Å². The molecule has 0 rings (SSSR count). The number of nitro groups is 1. The van der Waals surface area contributed by atoms with Crippen LogP contribution in [0.2, 0.25) is 0 Å². The van der Waals surface area contributed by atoms with E-state index < -0.39 is 0 Å². The second-order valence-electron chi connectivity index (χ2n) is 5.08. The molecule has 21 heavy (non-hydrogen) atoms. The highest BCUT2D eigenvalue weighted by molar-refractivity contribution is 5.50. The first kappa shape index (κ1) is 19.4. The van der Waals surface area contributed by atoms with Crippen molar-refractivity contribution >= 4 is 6.29 Å². The normalized spacial score (nSPS) is 10.8. The van der Waals surface area contributed by atoms with Gasteiger partial charge in [0.25, 0.3) is 5.70 Å². The summed E-state index contributed by atoms with van der Waals surface area (Å²) in [6, 6.07) is 0. The van der Waals surface area contributed by atoms with Gasteiger partial charge in [0, 0.05) is 19.3 Å². The van der Waals surface area contributed by atoms with Crippen molar-refractivity contribution in [3.63, 3.8) is 0 Å². The SMILES string of the molecule is CCCCCCC(=CC#CCCCCCC[C]=O)[N+](=O)[O-]. The Bertz CT molecular complexity index is 377. The molecular formula is C17H26NO3. The first-order valence-corrected chi connectivity index (χ1v) is 7.89. The summed E-state index contributed by atoms with van der Waals surface area (Å²) in [5.41, 5.74) is 0.222. The quantitative estimate of drug-likeness (QED) is 0.229. The Labute approximate surface area is 128 Å². The van der Waals surface area contributed by atoms with Gasteiger partial charge in [0.2, 0.25) is 0 Å². The maximum absolute atomic E-state index is 10.9. The summed E-state index contributed by atoms with van der Waals surface area (Å²) in [5.74, 6) is 5.75. The van der Waals surface area contributed by atoms with Crippen LogP contribution in [-0.4, -0.2) is 11.2 Å². The lowest BCUT2D eigenvalue weighted by atomic mass is 10.1. The number of hydrogen-bond donors (Lipinski definition) is 0. The van der Waals surface area contributed by atoms with E-state index in [4.69, 9.17) is 0 Å². The average Bonchev–Trinajstić information content (AvgIpc) is 2.47. The molecule has 0 aromatic rings. The third-order valence-corrected chi connectivity index (χ3v) is 3.19. The lowest BCUT2D eigenvalue weighted by molar-refractivity contribution is -0.428. The van der Waals surface area contributed by atoms with Crippen molar-refractivity contribution in [2.45, 2.75) is 77.6 Å². The van der Waals surface area contributed by atoms with Gasteiger partial charge in [-0.2, -0.15) is 0 Å². The molecule has 0 aliphatic carbocycles. The number of rotatable bonds is 12. The monoisotopic (exact) mass is 292 g/mol. The lowest BCUT2D eigenvalue weighted by Gasteiger charge is -1.97. The molecule has 0 fully saturated rings. The smallest absolute Gasteiger partial charge is 0.254 e. The van der Waals surface area contributed by atoms with Crippen molar-refractivity contribution in [1.29, 1.82) is 0 Å². The molecule has 0 aliphatic heterocycles. The first-order chi connectivity index (χ1) is 10.2. The fourth-order valence-corrected chi connectivity index (χ4v) is 1.92. The van der Waals surface area contributed by atoms with Gasteiger partial charge in [-0.1, -0.05) is 50.9 Å². The Hall–Kier alpha value is -1.63. The van der Waals surface area contributed by atoms with E-state index in [0.717, 1.165) is 57.8 Å². The highest BCUT2D eigenvalue weighted by Gasteiger charge is 2.08. The number of allylic oxidation sites excluding steroid dienone is 2. The molecule has 0 unspecified atom stereocenters.